The number of fused-ring (bicyclic) bond motifs is 1. The van der Waals surface area contributed by atoms with Gasteiger partial charge in [-0.25, -0.2) is 0 Å². The van der Waals surface area contributed by atoms with Gasteiger partial charge in [-0.1, -0.05) is 30.3 Å². The zero-order valence-corrected chi connectivity index (χ0v) is 14.8. The molecule has 0 atom stereocenters. The number of hydrogen-bond acceptors (Lipinski definition) is 7. The van der Waals surface area contributed by atoms with Crippen molar-refractivity contribution in [2.75, 3.05) is 28.4 Å². The number of aromatic hydroxyl groups is 1. The van der Waals surface area contributed by atoms with Gasteiger partial charge in [0.25, 0.3) is 0 Å². The molecule has 1 N–H and O–H groups in total. The highest BCUT2D eigenvalue weighted by atomic mass is 16.5. The quantitative estimate of drug-likeness (QED) is 0.749. The van der Waals surface area contributed by atoms with Gasteiger partial charge >= 0.3 is 0 Å². The Hall–Kier alpha value is -3.35. The molecule has 0 aliphatic carbocycles. The standard InChI is InChI=1S/C19H18O7/c1-22-15-11-12(20)13(21)14(10-8-6-5-7-9-10)26-16(11)18(24-3)19(25-4)17(15)23-2/h5-9,21H,1-4H3. The minimum Gasteiger partial charge on any atom is -0.502 e. The first-order valence-corrected chi connectivity index (χ1v) is 7.70. The normalized spacial score (nSPS) is 10.6. The first-order chi connectivity index (χ1) is 12.6. The number of rotatable bonds is 5. The molecular weight excluding hydrogens is 340 g/mol. The summed E-state index contributed by atoms with van der Waals surface area (Å²) in [7, 11) is 5.64. The Bertz CT molecular complexity index is 1010. The maximum Gasteiger partial charge on any atom is 0.239 e. The van der Waals surface area contributed by atoms with Gasteiger partial charge < -0.3 is 28.5 Å². The average Bonchev–Trinajstić information content (AvgIpc) is 2.69. The van der Waals surface area contributed by atoms with Crippen molar-refractivity contribution < 1.29 is 28.5 Å². The molecule has 0 aliphatic rings. The molecule has 3 aromatic rings. The summed E-state index contributed by atoms with van der Waals surface area (Å²) in [4.78, 5) is 12.9. The van der Waals surface area contributed by atoms with E-state index in [1.165, 1.54) is 28.4 Å². The SMILES string of the molecule is COc1c(OC)c(OC)c2c(=O)c(O)c(-c3ccccc3)oc2c1OC. The van der Waals surface area contributed by atoms with Crippen LogP contribution < -0.4 is 24.4 Å². The lowest BCUT2D eigenvalue weighted by Crippen LogP contribution is -2.08. The molecule has 0 amide bonds. The molecule has 26 heavy (non-hydrogen) atoms. The Kier molecular flexibility index (Phi) is 4.62. The molecule has 7 heteroatoms. The summed E-state index contributed by atoms with van der Waals surface area (Å²) in [6, 6.07) is 8.79. The van der Waals surface area contributed by atoms with Gasteiger partial charge in [0.05, 0.1) is 28.4 Å². The molecule has 0 radical (unpaired) electrons. The van der Waals surface area contributed by atoms with Crippen molar-refractivity contribution in [3.63, 3.8) is 0 Å². The van der Waals surface area contributed by atoms with Crippen molar-refractivity contribution in [2.45, 2.75) is 0 Å². The zero-order valence-electron chi connectivity index (χ0n) is 14.8. The molecule has 136 valence electrons. The van der Waals surface area contributed by atoms with Gasteiger partial charge in [-0.15, -0.1) is 0 Å². The third kappa shape index (κ3) is 2.48. The third-order valence-corrected chi connectivity index (χ3v) is 3.99. The van der Waals surface area contributed by atoms with Crippen molar-refractivity contribution in [1.82, 2.24) is 0 Å². The zero-order chi connectivity index (χ0) is 18.8. The highest BCUT2D eigenvalue weighted by molar-refractivity contribution is 5.96. The molecule has 0 aliphatic heterocycles. The van der Waals surface area contributed by atoms with Gasteiger partial charge in [-0.2, -0.15) is 0 Å². The van der Waals surface area contributed by atoms with Crippen LogP contribution in [0.25, 0.3) is 22.3 Å². The van der Waals surface area contributed by atoms with Crippen LogP contribution in [0.5, 0.6) is 28.7 Å². The van der Waals surface area contributed by atoms with E-state index in [2.05, 4.69) is 0 Å². The van der Waals surface area contributed by atoms with Gasteiger partial charge in [0.15, 0.2) is 17.1 Å². The lowest BCUT2D eigenvalue weighted by atomic mass is 10.1. The third-order valence-electron chi connectivity index (χ3n) is 3.99. The summed E-state index contributed by atoms with van der Waals surface area (Å²) in [6.07, 6.45) is 0. The summed E-state index contributed by atoms with van der Waals surface area (Å²) in [5, 5.41) is 10.4. The molecule has 7 nitrogen and oxygen atoms in total. The van der Waals surface area contributed by atoms with Crippen LogP contribution in [0.1, 0.15) is 0 Å². The van der Waals surface area contributed by atoms with E-state index in [0.717, 1.165) is 0 Å². The highest BCUT2D eigenvalue weighted by Gasteiger charge is 2.29. The molecule has 0 fully saturated rings. The summed E-state index contributed by atoms with van der Waals surface area (Å²) in [5.41, 5.74) is -0.0373. The summed E-state index contributed by atoms with van der Waals surface area (Å²) >= 11 is 0. The Morgan fingerprint density at radius 1 is 0.808 bits per heavy atom. The fourth-order valence-corrected chi connectivity index (χ4v) is 2.85. The molecule has 3 rings (SSSR count). The Morgan fingerprint density at radius 2 is 1.35 bits per heavy atom. The second kappa shape index (κ2) is 6.87. The molecule has 0 unspecified atom stereocenters. The van der Waals surface area contributed by atoms with Crippen molar-refractivity contribution in [1.29, 1.82) is 0 Å². The van der Waals surface area contributed by atoms with Gasteiger partial charge in [0.1, 0.15) is 5.39 Å². The number of benzene rings is 2. The summed E-state index contributed by atoms with van der Waals surface area (Å²) < 4.78 is 27.3. The second-order valence-corrected chi connectivity index (χ2v) is 5.31. The first-order valence-electron chi connectivity index (χ1n) is 7.70. The number of ether oxygens (including phenoxy) is 4. The predicted molar refractivity (Wildman–Crippen MR) is 95.8 cm³/mol. The lowest BCUT2D eigenvalue weighted by Gasteiger charge is -2.18. The van der Waals surface area contributed by atoms with Crippen molar-refractivity contribution >= 4 is 11.0 Å². The Morgan fingerprint density at radius 3 is 1.88 bits per heavy atom. The summed E-state index contributed by atoms with van der Waals surface area (Å²) in [6.45, 7) is 0. The van der Waals surface area contributed by atoms with E-state index in [0.29, 0.717) is 5.56 Å². The Labute approximate surface area is 149 Å². The monoisotopic (exact) mass is 358 g/mol. The molecule has 0 saturated heterocycles. The van der Waals surface area contributed by atoms with Gasteiger partial charge in [-0.05, 0) is 0 Å². The summed E-state index contributed by atoms with van der Waals surface area (Å²) in [5.74, 6) is 0.121. The van der Waals surface area contributed by atoms with E-state index in [9.17, 15) is 9.90 Å². The van der Waals surface area contributed by atoms with E-state index in [-0.39, 0.29) is 39.7 Å². The maximum absolute atomic E-state index is 12.9. The van der Waals surface area contributed by atoms with Crippen LogP contribution >= 0.6 is 0 Å². The fourth-order valence-electron chi connectivity index (χ4n) is 2.85. The molecule has 2 aromatic carbocycles. The lowest BCUT2D eigenvalue weighted by molar-refractivity contribution is 0.306. The van der Waals surface area contributed by atoms with Crippen LogP contribution in [0.2, 0.25) is 0 Å². The van der Waals surface area contributed by atoms with Crippen LogP contribution in [0.4, 0.5) is 0 Å². The smallest absolute Gasteiger partial charge is 0.239 e. The minimum atomic E-state index is -0.666. The van der Waals surface area contributed by atoms with E-state index in [4.69, 9.17) is 23.4 Å². The topological polar surface area (TPSA) is 87.4 Å². The van der Waals surface area contributed by atoms with Crippen LogP contribution in [0.3, 0.4) is 0 Å². The van der Waals surface area contributed by atoms with Gasteiger partial charge in [0, 0.05) is 5.56 Å². The minimum absolute atomic E-state index is 0.000758. The Balaban J connectivity index is 2.54. The van der Waals surface area contributed by atoms with Crippen LogP contribution in [-0.2, 0) is 0 Å². The van der Waals surface area contributed by atoms with Crippen molar-refractivity contribution in [3.05, 3.63) is 40.6 Å². The molecule has 1 aromatic heterocycles. The fraction of sp³-hybridized carbons (Fsp3) is 0.211. The van der Waals surface area contributed by atoms with Crippen LogP contribution in [-0.4, -0.2) is 33.5 Å². The predicted octanol–water partition coefficient (Wildman–Crippen LogP) is 3.20. The number of hydrogen-bond donors (Lipinski definition) is 1. The van der Waals surface area contributed by atoms with E-state index >= 15 is 0 Å². The van der Waals surface area contributed by atoms with Crippen LogP contribution in [0.15, 0.2) is 39.5 Å². The highest BCUT2D eigenvalue weighted by Crippen LogP contribution is 2.51. The average molecular weight is 358 g/mol. The molecule has 0 bridgehead atoms. The first kappa shape index (κ1) is 17.5. The largest absolute Gasteiger partial charge is 0.502 e. The molecule has 0 spiro atoms. The van der Waals surface area contributed by atoms with E-state index < -0.39 is 11.2 Å². The number of methoxy groups -OCH3 is 4. The van der Waals surface area contributed by atoms with Gasteiger partial charge in [-0.3, -0.25) is 4.79 Å². The van der Waals surface area contributed by atoms with Gasteiger partial charge in [0.2, 0.25) is 28.4 Å². The maximum atomic E-state index is 12.9. The van der Waals surface area contributed by atoms with Crippen molar-refractivity contribution in [3.8, 4) is 40.1 Å². The molecule has 0 saturated carbocycles. The molecular formula is C19H18O7. The second-order valence-electron chi connectivity index (χ2n) is 5.31. The van der Waals surface area contributed by atoms with E-state index in [1.807, 2.05) is 6.07 Å². The van der Waals surface area contributed by atoms with Crippen molar-refractivity contribution in [2.24, 2.45) is 0 Å². The molecule has 1 heterocycles. The van der Waals surface area contributed by atoms with Crippen LogP contribution in [0, 0.1) is 0 Å². The van der Waals surface area contributed by atoms with E-state index in [1.54, 1.807) is 24.3 Å².